The fourth-order valence-electron chi connectivity index (χ4n) is 3.12. The van der Waals surface area contributed by atoms with Gasteiger partial charge in [0.05, 0.1) is 31.0 Å². The molecule has 1 saturated carbocycles. The highest BCUT2D eigenvalue weighted by molar-refractivity contribution is 5.99. The van der Waals surface area contributed by atoms with Crippen molar-refractivity contribution in [3.63, 3.8) is 0 Å². The molecule has 1 aromatic rings. The van der Waals surface area contributed by atoms with Crippen LogP contribution in [0, 0.1) is 11.8 Å². The summed E-state index contributed by atoms with van der Waals surface area (Å²) in [5.74, 6) is -1.37. The SMILES string of the molecule is C=CC(=O)Nc1cc(/C=C/C2CCC(C(F)(F)F)CC2)c(OC)nc1CO. The van der Waals surface area contributed by atoms with Crippen LogP contribution in [0.2, 0.25) is 0 Å². The highest BCUT2D eigenvalue weighted by atomic mass is 19.4. The minimum atomic E-state index is -4.12. The van der Waals surface area contributed by atoms with Crippen molar-refractivity contribution in [2.75, 3.05) is 12.4 Å². The Morgan fingerprint density at radius 1 is 1.41 bits per heavy atom. The predicted molar refractivity (Wildman–Crippen MR) is 96.1 cm³/mol. The van der Waals surface area contributed by atoms with Crippen molar-refractivity contribution in [3.05, 3.63) is 36.1 Å². The molecule has 148 valence electrons. The van der Waals surface area contributed by atoms with E-state index >= 15 is 0 Å². The van der Waals surface area contributed by atoms with Gasteiger partial charge in [-0.3, -0.25) is 4.79 Å². The number of anilines is 1. The fourth-order valence-corrected chi connectivity index (χ4v) is 3.12. The highest BCUT2D eigenvalue weighted by Gasteiger charge is 2.40. The second-order valence-electron chi connectivity index (χ2n) is 6.45. The zero-order valence-electron chi connectivity index (χ0n) is 15.1. The Morgan fingerprint density at radius 3 is 2.59 bits per heavy atom. The van der Waals surface area contributed by atoms with Crippen molar-refractivity contribution in [3.8, 4) is 5.88 Å². The maximum atomic E-state index is 12.8. The van der Waals surface area contributed by atoms with E-state index in [1.807, 2.05) is 6.08 Å². The van der Waals surface area contributed by atoms with Crippen molar-refractivity contribution < 1.29 is 27.8 Å². The lowest BCUT2D eigenvalue weighted by molar-refractivity contribution is -0.183. The Bertz CT molecular complexity index is 709. The molecule has 1 aliphatic rings. The zero-order valence-corrected chi connectivity index (χ0v) is 15.1. The van der Waals surface area contributed by atoms with Gasteiger partial charge in [-0.05, 0) is 43.7 Å². The molecule has 2 rings (SSSR count). The number of methoxy groups -OCH3 is 1. The molecular formula is C19H23F3N2O3. The number of pyridine rings is 1. The molecule has 0 spiro atoms. The topological polar surface area (TPSA) is 71.5 Å². The maximum absolute atomic E-state index is 12.8. The summed E-state index contributed by atoms with van der Waals surface area (Å²) in [6.07, 6.45) is 1.73. The van der Waals surface area contributed by atoms with Gasteiger partial charge in [0, 0.05) is 5.56 Å². The van der Waals surface area contributed by atoms with Crippen LogP contribution >= 0.6 is 0 Å². The number of carbonyl (C=O) groups excluding carboxylic acids is 1. The number of aliphatic hydroxyl groups excluding tert-OH is 1. The maximum Gasteiger partial charge on any atom is 0.391 e. The van der Waals surface area contributed by atoms with Crippen LogP contribution in [0.3, 0.4) is 0 Å². The lowest BCUT2D eigenvalue weighted by Gasteiger charge is -2.28. The minimum absolute atomic E-state index is 0.0389. The summed E-state index contributed by atoms with van der Waals surface area (Å²) >= 11 is 0. The molecule has 0 aromatic carbocycles. The molecular weight excluding hydrogens is 361 g/mol. The van der Waals surface area contributed by atoms with Gasteiger partial charge < -0.3 is 15.2 Å². The number of hydrogen-bond donors (Lipinski definition) is 2. The molecule has 1 amide bonds. The van der Waals surface area contributed by atoms with Gasteiger partial charge in [0.1, 0.15) is 0 Å². The number of aliphatic hydroxyl groups is 1. The summed E-state index contributed by atoms with van der Waals surface area (Å²) in [6, 6.07) is 1.61. The van der Waals surface area contributed by atoms with E-state index in [2.05, 4.69) is 16.9 Å². The third kappa shape index (κ3) is 5.56. The van der Waals surface area contributed by atoms with E-state index in [9.17, 15) is 23.1 Å². The lowest BCUT2D eigenvalue weighted by atomic mass is 9.81. The smallest absolute Gasteiger partial charge is 0.391 e. The number of hydrogen-bond acceptors (Lipinski definition) is 4. The number of alkyl halides is 3. The number of nitrogens with one attached hydrogen (secondary N) is 1. The summed E-state index contributed by atoms with van der Waals surface area (Å²) in [5.41, 5.74) is 1.13. The number of nitrogens with zero attached hydrogens (tertiary/aromatic N) is 1. The fraction of sp³-hybridized carbons (Fsp3) is 0.474. The Morgan fingerprint density at radius 2 is 2.07 bits per heavy atom. The van der Waals surface area contributed by atoms with Crippen LogP contribution in [0.4, 0.5) is 18.9 Å². The Hall–Kier alpha value is -2.35. The van der Waals surface area contributed by atoms with Crippen molar-refractivity contribution in [1.29, 1.82) is 0 Å². The Balaban J connectivity index is 2.17. The van der Waals surface area contributed by atoms with Gasteiger partial charge in [-0.15, -0.1) is 0 Å². The number of amides is 1. The summed E-state index contributed by atoms with van der Waals surface area (Å²) in [7, 11) is 1.43. The zero-order chi connectivity index (χ0) is 20.0. The van der Waals surface area contributed by atoms with Gasteiger partial charge in [0.2, 0.25) is 11.8 Å². The summed E-state index contributed by atoms with van der Waals surface area (Å²) < 4.78 is 43.5. The van der Waals surface area contributed by atoms with E-state index in [-0.39, 0.29) is 30.3 Å². The molecule has 1 aliphatic carbocycles. The standard InChI is InChI=1S/C19H23F3N2O3/c1-3-17(26)23-15-10-13(18(27-2)24-16(15)11-25)7-4-12-5-8-14(9-6-12)19(20,21)22/h3-4,7,10,12,14,25H,1,5-6,8-9,11H2,2H3,(H,23,26)/b7-4+. The number of ether oxygens (including phenoxy) is 1. The number of rotatable bonds is 6. The van der Waals surface area contributed by atoms with Gasteiger partial charge in [0.25, 0.3) is 0 Å². The van der Waals surface area contributed by atoms with Crippen molar-refractivity contribution in [2.45, 2.75) is 38.5 Å². The molecule has 0 unspecified atom stereocenters. The van der Waals surface area contributed by atoms with Crippen LogP contribution in [0.1, 0.15) is 36.9 Å². The minimum Gasteiger partial charge on any atom is -0.481 e. The molecule has 5 nitrogen and oxygen atoms in total. The first-order chi connectivity index (χ1) is 12.8. The van der Waals surface area contributed by atoms with Gasteiger partial charge >= 0.3 is 6.18 Å². The first kappa shape index (κ1) is 21.0. The highest BCUT2D eigenvalue weighted by Crippen LogP contribution is 2.40. The monoisotopic (exact) mass is 384 g/mol. The van der Waals surface area contributed by atoms with Gasteiger partial charge in [-0.25, -0.2) is 4.98 Å². The van der Waals surface area contributed by atoms with E-state index in [0.29, 0.717) is 24.1 Å². The normalized spacial score (nSPS) is 20.5. The van der Waals surface area contributed by atoms with Crippen LogP contribution in [-0.2, 0) is 11.4 Å². The van der Waals surface area contributed by atoms with Crippen molar-refractivity contribution in [2.24, 2.45) is 11.8 Å². The molecule has 2 N–H and O–H groups in total. The van der Waals surface area contributed by atoms with E-state index < -0.39 is 24.6 Å². The number of carbonyl (C=O) groups is 1. The lowest BCUT2D eigenvalue weighted by Crippen LogP contribution is -2.27. The average Bonchev–Trinajstić information content (AvgIpc) is 2.65. The second-order valence-corrected chi connectivity index (χ2v) is 6.45. The molecule has 0 radical (unpaired) electrons. The Kier molecular flexibility index (Phi) is 7.01. The van der Waals surface area contributed by atoms with Crippen molar-refractivity contribution >= 4 is 17.7 Å². The second kappa shape index (κ2) is 9.03. The van der Waals surface area contributed by atoms with E-state index in [0.717, 1.165) is 6.08 Å². The molecule has 1 heterocycles. The number of aromatic nitrogens is 1. The molecule has 0 bridgehead atoms. The average molecular weight is 384 g/mol. The molecule has 0 saturated heterocycles. The molecule has 1 aromatic heterocycles. The van der Waals surface area contributed by atoms with Crippen LogP contribution in [0.5, 0.6) is 5.88 Å². The third-order valence-electron chi connectivity index (χ3n) is 4.66. The van der Waals surface area contributed by atoms with E-state index in [1.54, 1.807) is 12.1 Å². The molecule has 27 heavy (non-hydrogen) atoms. The first-order valence-electron chi connectivity index (χ1n) is 8.65. The van der Waals surface area contributed by atoms with E-state index in [4.69, 9.17) is 4.74 Å². The van der Waals surface area contributed by atoms with Crippen LogP contribution < -0.4 is 10.1 Å². The molecule has 0 aliphatic heterocycles. The largest absolute Gasteiger partial charge is 0.481 e. The summed E-state index contributed by atoms with van der Waals surface area (Å²) in [4.78, 5) is 15.7. The number of allylic oxidation sites excluding steroid dienone is 1. The van der Waals surface area contributed by atoms with Gasteiger partial charge in [0.15, 0.2) is 0 Å². The van der Waals surface area contributed by atoms with Gasteiger partial charge in [-0.1, -0.05) is 18.7 Å². The van der Waals surface area contributed by atoms with E-state index in [1.165, 1.54) is 7.11 Å². The quantitative estimate of drug-likeness (QED) is 0.725. The van der Waals surface area contributed by atoms with Gasteiger partial charge in [-0.2, -0.15) is 13.2 Å². The third-order valence-corrected chi connectivity index (χ3v) is 4.66. The summed E-state index contributed by atoms with van der Waals surface area (Å²) in [5, 5.41) is 12.0. The predicted octanol–water partition coefficient (Wildman–Crippen LogP) is 4.09. The molecule has 1 fully saturated rings. The Labute approximate surface area is 155 Å². The van der Waals surface area contributed by atoms with Crippen molar-refractivity contribution in [1.82, 2.24) is 4.98 Å². The van der Waals surface area contributed by atoms with Crippen LogP contribution in [-0.4, -0.2) is 29.3 Å². The molecule has 0 atom stereocenters. The molecule has 8 heteroatoms. The first-order valence-corrected chi connectivity index (χ1v) is 8.65. The van der Waals surface area contributed by atoms with Crippen LogP contribution in [0.15, 0.2) is 24.8 Å². The summed E-state index contributed by atoms with van der Waals surface area (Å²) in [6.45, 7) is 2.98. The van der Waals surface area contributed by atoms with Crippen LogP contribution in [0.25, 0.3) is 6.08 Å². The number of halogens is 3.